The van der Waals surface area contributed by atoms with Crippen LogP contribution in [-0.2, 0) is 13.0 Å². The monoisotopic (exact) mass is 401 g/mol. The number of amides is 1. The zero-order chi connectivity index (χ0) is 20.8. The summed E-state index contributed by atoms with van der Waals surface area (Å²) in [5.41, 5.74) is 7.86. The summed E-state index contributed by atoms with van der Waals surface area (Å²) in [7, 11) is 0. The van der Waals surface area contributed by atoms with Crippen molar-refractivity contribution in [2.24, 2.45) is 0 Å². The zero-order valence-electron chi connectivity index (χ0n) is 17.5. The van der Waals surface area contributed by atoms with E-state index in [9.17, 15) is 9.90 Å². The van der Waals surface area contributed by atoms with Gasteiger partial charge in [-0.3, -0.25) is 4.79 Å². The van der Waals surface area contributed by atoms with Crippen LogP contribution in [0.5, 0.6) is 0 Å². The number of benzene rings is 2. The maximum atomic E-state index is 13.2. The van der Waals surface area contributed by atoms with Gasteiger partial charge in [0, 0.05) is 24.5 Å². The molecule has 2 aromatic carbocycles. The van der Waals surface area contributed by atoms with Gasteiger partial charge < -0.3 is 10.0 Å². The van der Waals surface area contributed by atoms with Gasteiger partial charge in [0.1, 0.15) is 0 Å². The van der Waals surface area contributed by atoms with E-state index < -0.39 is 6.10 Å². The van der Waals surface area contributed by atoms with Crippen molar-refractivity contribution in [3.63, 3.8) is 0 Å². The molecule has 0 spiro atoms. The van der Waals surface area contributed by atoms with Gasteiger partial charge in [-0.25, -0.2) is 4.68 Å². The highest BCUT2D eigenvalue weighted by atomic mass is 16.3. The van der Waals surface area contributed by atoms with Crippen molar-refractivity contribution >= 4 is 5.91 Å². The van der Waals surface area contributed by atoms with Gasteiger partial charge in [0.2, 0.25) is 0 Å². The van der Waals surface area contributed by atoms with Crippen molar-refractivity contribution in [2.45, 2.75) is 58.2 Å². The molecule has 0 unspecified atom stereocenters. The Balaban J connectivity index is 1.42. The lowest BCUT2D eigenvalue weighted by molar-refractivity contribution is 0.0479. The summed E-state index contributed by atoms with van der Waals surface area (Å²) in [5.74, 6) is 0.0781. The number of aliphatic hydroxyl groups excluding tert-OH is 1. The summed E-state index contributed by atoms with van der Waals surface area (Å²) >= 11 is 0. The van der Waals surface area contributed by atoms with Gasteiger partial charge in [-0.1, -0.05) is 12.1 Å². The molecule has 2 aliphatic rings. The molecule has 0 bridgehead atoms. The molecule has 30 heavy (non-hydrogen) atoms. The van der Waals surface area contributed by atoms with Crippen LogP contribution in [0.1, 0.15) is 57.4 Å². The summed E-state index contributed by atoms with van der Waals surface area (Å²) in [6, 6.07) is 12.4. The zero-order valence-corrected chi connectivity index (χ0v) is 17.5. The first-order valence-electron chi connectivity index (χ1n) is 10.7. The minimum Gasteiger partial charge on any atom is -0.391 e. The van der Waals surface area contributed by atoms with E-state index >= 15 is 0 Å². The number of aromatic nitrogens is 2. The van der Waals surface area contributed by atoms with E-state index in [1.165, 1.54) is 22.3 Å². The second-order valence-electron chi connectivity index (χ2n) is 8.60. The molecule has 154 valence electrons. The molecule has 1 N–H and O–H groups in total. The SMILES string of the molecule is Cc1c(Cc2ccc(-n3cccn3)cc2)cc2c(c1C)CN([C@@H]1CCC[C@H]1O)C2=O. The first kappa shape index (κ1) is 19.1. The number of aliphatic hydroxyl groups is 1. The van der Waals surface area contributed by atoms with Crippen LogP contribution in [0.2, 0.25) is 0 Å². The van der Waals surface area contributed by atoms with Gasteiger partial charge in [0.25, 0.3) is 5.91 Å². The number of hydrogen-bond donors (Lipinski definition) is 1. The topological polar surface area (TPSA) is 58.4 Å². The highest BCUT2D eigenvalue weighted by molar-refractivity contribution is 5.99. The Hall–Kier alpha value is -2.92. The van der Waals surface area contributed by atoms with Crippen LogP contribution in [0, 0.1) is 13.8 Å². The van der Waals surface area contributed by atoms with Gasteiger partial charge >= 0.3 is 0 Å². The molecule has 5 rings (SSSR count). The minimum atomic E-state index is -0.391. The summed E-state index contributed by atoms with van der Waals surface area (Å²) in [6.07, 6.45) is 6.79. The van der Waals surface area contributed by atoms with E-state index in [0.29, 0.717) is 6.54 Å². The fraction of sp³-hybridized carbons (Fsp3) is 0.360. The standard InChI is InChI=1S/C25H27N3O2/c1-16-17(2)22-15-27(23-5-3-6-24(23)29)25(30)21(22)14-19(16)13-18-7-9-20(10-8-18)28-12-4-11-26-28/h4,7-12,14,23-24,29H,3,5-6,13,15H2,1-2H3/t23-,24-/m1/s1. The minimum absolute atomic E-state index is 0.0390. The third-order valence-electron chi connectivity index (χ3n) is 6.90. The lowest BCUT2D eigenvalue weighted by Crippen LogP contribution is -2.40. The summed E-state index contributed by atoms with van der Waals surface area (Å²) < 4.78 is 1.85. The van der Waals surface area contributed by atoms with Crippen molar-refractivity contribution in [3.05, 3.63) is 82.2 Å². The van der Waals surface area contributed by atoms with E-state index in [0.717, 1.165) is 42.5 Å². The summed E-state index contributed by atoms with van der Waals surface area (Å²) in [4.78, 5) is 15.1. The number of carbonyl (C=O) groups is 1. The van der Waals surface area contributed by atoms with Crippen LogP contribution in [0.4, 0.5) is 0 Å². The van der Waals surface area contributed by atoms with Gasteiger partial charge in [0.05, 0.1) is 17.8 Å². The normalized spacial score (nSPS) is 20.8. The first-order chi connectivity index (χ1) is 14.5. The number of fused-ring (bicyclic) bond motifs is 1. The van der Waals surface area contributed by atoms with Crippen LogP contribution in [0.3, 0.4) is 0 Å². The Kier molecular flexibility index (Phi) is 4.70. The van der Waals surface area contributed by atoms with Crippen molar-refractivity contribution in [1.82, 2.24) is 14.7 Å². The second-order valence-corrected chi connectivity index (χ2v) is 8.60. The van der Waals surface area contributed by atoms with Crippen LogP contribution in [-0.4, -0.2) is 37.8 Å². The van der Waals surface area contributed by atoms with Crippen LogP contribution in [0.15, 0.2) is 48.8 Å². The van der Waals surface area contributed by atoms with E-state index in [-0.39, 0.29) is 11.9 Å². The number of hydrogen-bond acceptors (Lipinski definition) is 3. The number of nitrogens with zero attached hydrogens (tertiary/aromatic N) is 3. The third kappa shape index (κ3) is 3.14. The third-order valence-corrected chi connectivity index (χ3v) is 6.90. The number of carbonyl (C=O) groups excluding carboxylic acids is 1. The lowest BCUT2D eigenvalue weighted by Gasteiger charge is -2.26. The predicted molar refractivity (Wildman–Crippen MR) is 116 cm³/mol. The van der Waals surface area contributed by atoms with Crippen LogP contribution >= 0.6 is 0 Å². The van der Waals surface area contributed by atoms with Crippen molar-refractivity contribution in [3.8, 4) is 5.69 Å². The van der Waals surface area contributed by atoms with E-state index in [1.807, 2.05) is 21.8 Å². The van der Waals surface area contributed by atoms with Crippen molar-refractivity contribution < 1.29 is 9.90 Å². The van der Waals surface area contributed by atoms with Crippen LogP contribution in [0.25, 0.3) is 5.69 Å². The second kappa shape index (κ2) is 7.40. The highest BCUT2D eigenvalue weighted by Gasteiger charge is 2.39. The van der Waals surface area contributed by atoms with Crippen molar-refractivity contribution in [1.29, 1.82) is 0 Å². The molecular weight excluding hydrogens is 374 g/mol. The average Bonchev–Trinajstić information content (AvgIpc) is 3.48. The molecule has 1 aliphatic heterocycles. The highest BCUT2D eigenvalue weighted by Crippen LogP contribution is 2.35. The molecule has 1 saturated carbocycles. The quantitative estimate of drug-likeness (QED) is 0.720. The summed E-state index contributed by atoms with van der Waals surface area (Å²) in [5, 5.41) is 14.6. The molecule has 3 aromatic rings. The van der Waals surface area contributed by atoms with Gasteiger partial charge in [0.15, 0.2) is 0 Å². The van der Waals surface area contributed by atoms with Crippen molar-refractivity contribution in [2.75, 3.05) is 0 Å². The van der Waals surface area contributed by atoms with Gasteiger partial charge in [-0.15, -0.1) is 0 Å². The maximum Gasteiger partial charge on any atom is 0.254 e. The van der Waals surface area contributed by atoms with E-state index in [2.05, 4.69) is 49.3 Å². The lowest BCUT2D eigenvalue weighted by atomic mass is 9.91. The maximum absolute atomic E-state index is 13.2. The summed E-state index contributed by atoms with van der Waals surface area (Å²) in [6.45, 7) is 4.91. The molecule has 1 fully saturated rings. The first-order valence-corrected chi connectivity index (χ1v) is 10.7. The van der Waals surface area contributed by atoms with Gasteiger partial charge in [-0.2, -0.15) is 5.10 Å². The molecule has 5 heteroatoms. The smallest absolute Gasteiger partial charge is 0.254 e. The molecule has 1 aromatic heterocycles. The molecule has 2 heterocycles. The fourth-order valence-electron chi connectivity index (χ4n) is 4.97. The Morgan fingerprint density at radius 1 is 1.13 bits per heavy atom. The Morgan fingerprint density at radius 3 is 2.60 bits per heavy atom. The molecule has 2 atom stereocenters. The Labute approximate surface area is 177 Å². The predicted octanol–water partition coefficient (Wildman–Crippen LogP) is 3.95. The molecule has 0 saturated heterocycles. The largest absolute Gasteiger partial charge is 0.391 e. The van der Waals surface area contributed by atoms with Crippen LogP contribution < -0.4 is 0 Å². The van der Waals surface area contributed by atoms with Gasteiger partial charge in [-0.05, 0) is 91.6 Å². The molecule has 0 radical (unpaired) electrons. The number of rotatable bonds is 4. The Bertz CT molecular complexity index is 1090. The van der Waals surface area contributed by atoms with E-state index in [4.69, 9.17) is 0 Å². The molecule has 5 nitrogen and oxygen atoms in total. The fourth-order valence-corrected chi connectivity index (χ4v) is 4.97. The molecule has 1 amide bonds. The molecular formula is C25H27N3O2. The van der Waals surface area contributed by atoms with E-state index in [1.54, 1.807) is 6.20 Å². The molecule has 1 aliphatic carbocycles. The Morgan fingerprint density at radius 2 is 1.93 bits per heavy atom. The average molecular weight is 402 g/mol.